The molecule has 0 aliphatic carbocycles. The van der Waals surface area contributed by atoms with Crippen molar-refractivity contribution in [3.63, 3.8) is 0 Å². The fraction of sp³-hybridized carbons (Fsp3) is 0.231. The lowest BCUT2D eigenvalue weighted by atomic mass is 10.1. The van der Waals surface area contributed by atoms with Gasteiger partial charge in [-0.2, -0.15) is 13.2 Å². The van der Waals surface area contributed by atoms with Crippen molar-refractivity contribution in [3.05, 3.63) is 89.5 Å². The molecule has 5 rings (SSSR count). The molecule has 3 aromatic rings. The number of nitrogens with zero attached hydrogens (tertiary/aromatic N) is 2. The largest absolute Gasteiger partial charge is 0.497 e. The molecule has 1 atom stereocenters. The van der Waals surface area contributed by atoms with Crippen LogP contribution in [0.25, 0.3) is 0 Å². The smallest absolute Gasteiger partial charge is 0.416 e. The van der Waals surface area contributed by atoms with Crippen molar-refractivity contribution in [3.8, 4) is 5.75 Å². The number of amides is 3. The van der Waals surface area contributed by atoms with E-state index < -0.39 is 22.6 Å². The number of benzene rings is 3. The minimum atomic E-state index is -4.44. The van der Waals surface area contributed by atoms with Crippen LogP contribution in [0, 0.1) is 0 Å². The quantitative estimate of drug-likeness (QED) is 0.487. The molecule has 0 aromatic heterocycles. The first-order valence-electron chi connectivity index (χ1n) is 11.2. The summed E-state index contributed by atoms with van der Waals surface area (Å²) in [5.41, 5.74) is 1.60. The number of carbonyl (C=O) groups is 2. The lowest BCUT2D eigenvalue weighted by molar-refractivity contribution is -0.137. The molecule has 0 saturated carbocycles. The first kappa shape index (κ1) is 24.1. The number of methoxy groups -OCH3 is 1. The zero-order chi connectivity index (χ0) is 25.5. The number of hydrogen-bond acceptors (Lipinski definition) is 4. The maximum Gasteiger partial charge on any atom is 0.416 e. The normalized spacial score (nSPS) is 19.1. The van der Waals surface area contributed by atoms with E-state index in [0.717, 1.165) is 12.1 Å². The number of urea groups is 1. The predicted octanol–water partition coefficient (Wildman–Crippen LogP) is 5.69. The fourth-order valence-corrected chi connectivity index (χ4v) is 6.02. The average molecular weight is 514 g/mol. The van der Waals surface area contributed by atoms with Gasteiger partial charge < -0.3 is 15.0 Å². The minimum absolute atomic E-state index is 0.0623. The topological polar surface area (TPSA) is 61.9 Å². The van der Waals surface area contributed by atoms with E-state index in [1.165, 1.54) is 40.8 Å². The SMILES string of the molecule is COc1ccc2c(c1)[C@@]1(SCCN1C(=O)Nc1ccccc1)C(=O)N2Cc1ccc(C(F)(F)F)cc1. The van der Waals surface area contributed by atoms with Crippen molar-refractivity contribution in [2.45, 2.75) is 17.6 Å². The van der Waals surface area contributed by atoms with Crippen LogP contribution < -0.4 is 15.0 Å². The molecule has 6 nitrogen and oxygen atoms in total. The number of nitrogens with one attached hydrogen (secondary N) is 1. The molecule has 2 heterocycles. The van der Waals surface area contributed by atoms with Crippen LogP contribution >= 0.6 is 11.8 Å². The second-order valence-electron chi connectivity index (χ2n) is 8.41. The van der Waals surface area contributed by atoms with Crippen molar-refractivity contribution in [1.29, 1.82) is 0 Å². The van der Waals surface area contributed by atoms with Gasteiger partial charge in [-0.3, -0.25) is 9.69 Å². The highest BCUT2D eigenvalue weighted by Crippen LogP contribution is 2.55. The van der Waals surface area contributed by atoms with E-state index >= 15 is 0 Å². The number of para-hydroxylation sites is 1. The van der Waals surface area contributed by atoms with Crippen LogP contribution in [0.1, 0.15) is 16.7 Å². The molecule has 2 aliphatic rings. The Bertz CT molecular complexity index is 1300. The Balaban J connectivity index is 1.51. The minimum Gasteiger partial charge on any atom is -0.497 e. The Morgan fingerprint density at radius 1 is 1.08 bits per heavy atom. The highest BCUT2D eigenvalue weighted by atomic mass is 32.2. The van der Waals surface area contributed by atoms with Crippen molar-refractivity contribution in [1.82, 2.24) is 4.90 Å². The molecule has 1 spiro atoms. The molecule has 3 amide bonds. The molecule has 10 heteroatoms. The molecule has 1 N–H and O–H groups in total. The highest BCUT2D eigenvalue weighted by molar-refractivity contribution is 8.01. The summed E-state index contributed by atoms with van der Waals surface area (Å²) in [6, 6.07) is 18.5. The number of fused-ring (bicyclic) bond motifs is 2. The molecule has 186 valence electrons. The maximum atomic E-state index is 14.0. The van der Waals surface area contributed by atoms with Crippen molar-refractivity contribution < 1.29 is 27.5 Å². The van der Waals surface area contributed by atoms with Gasteiger partial charge in [0.1, 0.15) is 5.75 Å². The summed E-state index contributed by atoms with van der Waals surface area (Å²) in [4.78, 5) is 29.2. The second-order valence-corrected chi connectivity index (χ2v) is 9.70. The van der Waals surface area contributed by atoms with Crippen LogP contribution in [0.15, 0.2) is 72.8 Å². The highest BCUT2D eigenvalue weighted by Gasteiger charge is 2.59. The molecule has 0 radical (unpaired) electrons. The summed E-state index contributed by atoms with van der Waals surface area (Å²) in [5, 5.41) is 2.86. The average Bonchev–Trinajstić information content (AvgIpc) is 3.41. The Morgan fingerprint density at radius 2 is 1.81 bits per heavy atom. The number of thioether (sulfide) groups is 1. The summed E-state index contributed by atoms with van der Waals surface area (Å²) in [7, 11) is 1.52. The monoisotopic (exact) mass is 513 g/mol. The van der Waals surface area contributed by atoms with Gasteiger partial charge in [-0.15, -0.1) is 11.8 Å². The van der Waals surface area contributed by atoms with Gasteiger partial charge in [0.25, 0.3) is 5.91 Å². The third-order valence-electron chi connectivity index (χ3n) is 6.29. The van der Waals surface area contributed by atoms with E-state index in [0.29, 0.717) is 40.5 Å². The Labute approximate surface area is 210 Å². The number of rotatable bonds is 4. The fourth-order valence-electron chi connectivity index (χ4n) is 4.57. The van der Waals surface area contributed by atoms with Gasteiger partial charge in [0.05, 0.1) is 24.9 Å². The summed E-state index contributed by atoms with van der Waals surface area (Å²) >= 11 is 1.36. The van der Waals surface area contributed by atoms with Crippen LogP contribution in [0.4, 0.5) is 29.3 Å². The second kappa shape index (κ2) is 9.09. The summed E-state index contributed by atoms with van der Waals surface area (Å²) in [5.74, 6) is 0.753. The molecule has 1 saturated heterocycles. The first-order valence-corrected chi connectivity index (χ1v) is 12.2. The van der Waals surface area contributed by atoms with E-state index in [1.54, 1.807) is 42.5 Å². The number of hydrogen-bond donors (Lipinski definition) is 1. The van der Waals surface area contributed by atoms with Gasteiger partial charge in [-0.05, 0) is 48.0 Å². The van der Waals surface area contributed by atoms with Gasteiger partial charge >= 0.3 is 12.2 Å². The van der Waals surface area contributed by atoms with Crippen molar-refractivity contribution >= 4 is 35.1 Å². The molecule has 2 aliphatic heterocycles. The van der Waals surface area contributed by atoms with Gasteiger partial charge in [0, 0.05) is 23.5 Å². The zero-order valence-electron chi connectivity index (χ0n) is 19.2. The van der Waals surface area contributed by atoms with Crippen molar-refractivity contribution in [2.24, 2.45) is 0 Å². The lowest BCUT2D eigenvalue weighted by Gasteiger charge is -2.33. The predicted molar refractivity (Wildman–Crippen MR) is 132 cm³/mol. The maximum absolute atomic E-state index is 14.0. The molecule has 1 fully saturated rings. The number of alkyl halides is 3. The number of halogens is 3. The van der Waals surface area contributed by atoms with Gasteiger partial charge in [0.2, 0.25) is 0 Å². The van der Waals surface area contributed by atoms with Crippen LogP contribution in [0.5, 0.6) is 5.75 Å². The number of ether oxygens (including phenoxy) is 1. The zero-order valence-corrected chi connectivity index (χ0v) is 20.0. The van der Waals surface area contributed by atoms with E-state index in [-0.39, 0.29) is 12.5 Å². The number of carbonyl (C=O) groups excluding carboxylic acids is 2. The first-order chi connectivity index (χ1) is 17.2. The van der Waals surface area contributed by atoms with E-state index in [2.05, 4.69) is 5.32 Å². The van der Waals surface area contributed by atoms with Crippen LogP contribution in [-0.2, 0) is 22.4 Å². The summed E-state index contributed by atoms with van der Waals surface area (Å²) in [6.45, 7) is 0.409. The molecule has 3 aromatic carbocycles. The molecular weight excluding hydrogens is 491 g/mol. The van der Waals surface area contributed by atoms with Gasteiger partial charge in [-0.1, -0.05) is 30.3 Å². The van der Waals surface area contributed by atoms with E-state index in [1.807, 2.05) is 6.07 Å². The molecule has 0 bridgehead atoms. The molecule has 0 unspecified atom stereocenters. The third kappa shape index (κ3) is 4.05. The summed E-state index contributed by atoms with van der Waals surface area (Å²) in [6.07, 6.45) is -4.44. The lowest BCUT2D eigenvalue weighted by Crippen LogP contribution is -2.51. The third-order valence-corrected chi connectivity index (χ3v) is 7.71. The van der Waals surface area contributed by atoms with Crippen LogP contribution in [0.2, 0.25) is 0 Å². The van der Waals surface area contributed by atoms with Crippen LogP contribution in [-0.4, -0.2) is 36.2 Å². The Kier molecular flexibility index (Phi) is 6.07. The van der Waals surface area contributed by atoms with Crippen molar-refractivity contribution in [2.75, 3.05) is 29.6 Å². The standard InChI is InChI=1S/C26H22F3N3O3S/c1-35-20-11-12-22-21(15-20)25(32(13-14-36-25)24(34)30-19-5-3-2-4-6-19)23(33)31(22)16-17-7-9-18(10-8-17)26(27,28)29/h2-12,15H,13-14,16H2,1H3,(H,30,34)/t25-/m1/s1. The van der Waals surface area contributed by atoms with E-state index in [4.69, 9.17) is 4.74 Å². The molecular formula is C26H22F3N3O3S. The van der Waals surface area contributed by atoms with Gasteiger partial charge in [-0.25, -0.2) is 4.79 Å². The molecule has 36 heavy (non-hydrogen) atoms. The Hall–Kier alpha value is -3.66. The van der Waals surface area contributed by atoms with E-state index in [9.17, 15) is 22.8 Å². The van der Waals surface area contributed by atoms with Gasteiger partial charge in [0.15, 0.2) is 4.87 Å². The Morgan fingerprint density at radius 3 is 2.47 bits per heavy atom. The van der Waals surface area contributed by atoms with Crippen LogP contribution in [0.3, 0.4) is 0 Å². The summed E-state index contributed by atoms with van der Waals surface area (Å²) < 4.78 is 44.4. The number of anilines is 2.